The molecule has 88 valence electrons. The van der Waals surface area contributed by atoms with Crippen LogP contribution in [0.5, 0.6) is 0 Å². The molecule has 1 heterocycles. The number of carbonyl (C=O) groups excluding carboxylic acids is 1. The SMILES string of the molecule is CC(CCN(C)C)NC(=O)C1CSCN1. The molecule has 1 rings (SSSR count). The molecule has 1 saturated heterocycles. The minimum absolute atomic E-state index is 0.0109. The van der Waals surface area contributed by atoms with Crippen molar-refractivity contribution in [1.29, 1.82) is 0 Å². The van der Waals surface area contributed by atoms with Gasteiger partial charge in [-0.15, -0.1) is 11.8 Å². The second-order valence-corrected chi connectivity index (χ2v) is 5.30. The van der Waals surface area contributed by atoms with Crippen LogP contribution < -0.4 is 10.6 Å². The van der Waals surface area contributed by atoms with Crippen LogP contribution in [0.15, 0.2) is 0 Å². The van der Waals surface area contributed by atoms with Crippen LogP contribution in [0, 0.1) is 0 Å². The third kappa shape index (κ3) is 4.86. The average Bonchev–Trinajstić information content (AvgIpc) is 2.67. The first-order chi connectivity index (χ1) is 7.09. The Morgan fingerprint density at radius 3 is 2.93 bits per heavy atom. The normalized spacial score (nSPS) is 23.1. The molecule has 0 spiro atoms. The zero-order valence-corrected chi connectivity index (χ0v) is 10.6. The van der Waals surface area contributed by atoms with E-state index in [1.165, 1.54) is 0 Å². The van der Waals surface area contributed by atoms with Gasteiger partial charge in [0.05, 0.1) is 6.04 Å². The van der Waals surface area contributed by atoms with Gasteiger partial charge in [-0.3, -0.25) is 10.1 Å². The lowest BCUT2D eigenvalue weighted by Crippen LogP contribution is -2.46. The fourth-order valence-electron chi connectivity index (χ4n) is 1.43. The maximum Gasteiger partial charge on any atom is 0.238 e. The maximum absolute atomic E-state index is 11.7. The number of hydrogen-bond acceptors (Lipinski definition) is 4. The Morgan fingerprint density at radius 2 is 2.40 bits per heavy atom. The minimum atomic E-state index is 0.0109. The highest BCUT2D eigenvalue weighted by molar-refractivity contribution is 7.99. The second kappa shape index (κ2) is 6.35. The van der Waals surface area contributed by atoms with Crippen LogP contribution in [0.3, 0.4) is 0 Å². The van der Waals surface area contributed by atoms with E-state index in [4.69, 9.17) is 0 Å². The molecule has 2 unspecified atom stereocenters. The van der Waals surface area contributed by atoms with E-state index in [2.05, 4.69) is 22.5 Å². The van der Waals surface area contributed by atoms with E-state index in [0.29, 0.717) is 0 Å². The van der Waals surface area contributed by atoms with E-state index in [1.54, 1.807) is 11.8 Å². The summed E-state index contributed by atoms with van der Waals surface area (Å²) in [5.41, 5.74) is 0. The fraction of sp³-hybridized carbons (Fsp3) is 0.900. The van der Waals surface area contributed by atoms with Gasteiger partial charge in [0, 0.05) is 17.7 Å². The van der Waals surface area contributed by atoms with Crippen molar-refractivity contribution in [2.75, 3.05) is 32.3 Å². The molecule has 1 amide bonds. The van der Waals surface area contributed by atoms with Crippen molar-refractivity contribution >= 4 is 17.7 Å². The van der Waals surface area contributed by atoms with Crippen molar-refractivity contribution in [3.05, 3.63) is 0 Å². The van der Waals surface area contributed by atoms with Crippen LogP contribution in [0.2, 0.25) is 0 Å². The Morgan fingerprint density at radius 1 is 1.67 bits per heavy atom. The third-order valence-corrected chi connectivity index (χ3v) is 3.37. The molecule has 5 heteroatoms. The largest absolute Gasteiger partial charge is 0.352 e. The smallest absolute Gasteiger partial charge is 0.238 e. The molecule has 0 bridgehead atoms. The number of nitrogens with zero attached hydrogens (tertiary/aromatic N) is 1. The predicted octanol–water partition coefficient (Wildman–Crippen LogP) is 0.105. The molecular weight excluding hydrogens is 210 g/mol. The molecule has 2 atom stereocenters. The molecule has 1 aliphatic heterocycles. The Labute approximate surface area is 96.2 Å². The highest BCUT2D eigenvalue weighted by atomic mass is 32.2. The van der Waals surface area contributed by atoms with E-state index in [0.717, 1.165) is 24.6 Å². The summed E-state index contributed by atoms with van der Waals surface area (Å²) in [4.78, 5) is 13.8. The van der Waals surface area contributed by atoms with Crippen LogP contribution in [-0.4, -0.2) is 55.2 Å². The van der Waals surface area contributed by atoms with Gasteiger partial charge in [-0.2, -0.15) is 0 Å². The number of carbonyl (C=O) groups is 1. The molecule has 0 saturated carbocycles. The zero-order chi connectivity index (χ0) is 11.3. The monoisotopic (exact) mass is 231 g/mol. The topological polar surface area (TPSA) is 44.4 Å². The molecular formula is C10H21N3OS. The second-order valence-electron chi connectivity index (χ2n) is 4.27. The predicted molar refractivity (Wildman–Crippen MR) is 65.0 cm³/mol. The van der Waals surface area contributed by atoms with E-state index in [1.807, 2.05) is 14.1 Å². The molecule has 0 radical (unpaired) electrons. The first-order valence-corrected chi connectivity index (χ1v) is 6.51. The fourth-order valence-corrected chi connectivity index (χ4v) is 2.37. The standard InChI is InChI=1S/C10H21N3OS/c1-8(4-5-13(2)3)12-10(14)9-6-15-7-11-9/h8-9,11H,4-7H2,1-3H3,(H,12,14). The molecule has 15 heavy (non-hydrogen) atoms. The highest BCUT2D eigenvalue weighted by Gasteiger charge is 2.23. The Kier molecular flexibility index (Phi) is 5.42. The average molecular weight is 231 g/mol. The molecule has 2 N–H and O–H groups in total. The summed E-state index contributed by atoms with van der Waals surface area (Å²) in [7, 11) is 4.09. The summed E-state index contributed by atoms with van der Waals surface area (Å²) < 4.78 is 0. The zero-order valence-electron chi connectivity index (χ0n) is 9.75. The van der Waals surface area contributed by atoms with Crippen LogP contribution in [0.1, 0.15) is 13.3 Å². The van der Waals surface area contributed by atoms with Gasteiger partial charge < -0.3 is 10.2 Å². The Balaban J connectivity index is 2.18. The van der Waals surface area contributed by atoms with Gasteiger partial charge in [0.1, 0.15) is 0 Å². The van der Waals surface area contributed by atoms with Crippen LogP contribution >= 0.6 is 11.8 Å². The summed E-state index contributed by atoms with van der Waals surface area (Å²) in [5, 5.41) is 6.20. The maximum atomic E-state index is 11.7. The van der Waals surface area contributed by atoms with Gasteiger partial charge in [0.15, 0.2) is 0 Å². The number of rotatable bonds is 5. The molecule has 0 aromatic carbocycles. The summed E-state index contributed by atoms with van der Waals surface area (Å²) in [5.74, 6) is 1.93. The van der Waals surface area contributed by atoms with Crippen molar-refractivity contribution in [3.63, 3.8) is 0 Å². The number of nitrogens with one attached hydrogen (secondary N) is 2. The van der Waals surface area contributed by atoms with Crippen molar-refractivity contribution in [2.45, 2.75) is 25.4 Å². The van der Waals surface area contributed by atoms with Crippen molar-refractivity contribution in [1.82, 2.24) is 15.5 Å². The summed E-state index contributed by atoms with van der Waals surface area (Å²) in [6.07, 6.45) is 0.999. The van der Waals surface area contributed by atoms with Gasteiger partial charge in [-0.25, -0.2) is 0 Å². The first kappa shape index (κ1) is 12.8. The van der Waals surface area contributed by atoms with Crippen molar-refractivity contribution in [2.24, 2.45) is 0 Å². The highest BCUT2D eigenvalue weighted by Crippen LogP contribution is 2.09. The number of amides is 1. The van der Waals surface area contributed by atoms with Gasteiger partial charge in [-0.05, 0) is 34.0 Å². The van der Waals surface area contributed by atoms with Crippen LogP contribution in [-0.2, 0) is 4.79 Å². The first-order valence-electron chi connectivity index (χ1n) is 5.36. The lowest BCUT2D eigenvalue weighted by molar-refractivity contribution is -0.123. The van der Waals surface area contributed by atoms with Gasteiger partial charge in [0.2, 0.25) is 5.91 Å². The number of thioether (sulfide) groups is 1. The molecule has 0 aliphatic carbocycles. The molecule has 1 fully saturated rings. The molecule has 4 nitrogen and oxygen atoms in total. The summed E-state index contributed by atoms with van der Waals surface area (Å²) >= 11 is 1.78. The minimum Gasteiger partial charge on any atom is -0.352 e. The lowest BCUT2D eigenvalue weighted by atomic mass is 10.2. The molecule has 0 aromatic rings. The Bertz CT molecular complexity index is 205. The van der Waals surface area contributed by atoms with Gasteiger partial charge >= 0.3 is 0 Å². The van der Waals surface area contributed by atoms with Crippen molar-refractivity contribution in [3.8, 4) is 0 Å². The van der Waals surface area contributed by atoms with Crippen molar-refractivity contribution < 1.29 is 4.79 Å². The third-order valence-electron chi connectivity index (χ3n) is 2.43. The van der Waals surface area contributed by atoms with Crippen LogP contribution in [0.4, 0.5) is 0 Å². The van der Waals surface area contributed by atoms with E-state index in [-0.39, 0.29) is 18.0 Å². The molecule has 0 aromatic heterocycles. The molecule has 1 aliphatic rings. The lowest BCUT2D eigenvalue weighted by Gasteiger charge is -2.18. The van der Waals surface area contributed by atoms with E-state index < -0.39 is 0 Å². The van der Waals surface area contributed by atoms with Gasteiger partial charge in [0.25, 0.3) is 0 Å². The van der Waals surface area contributed by atoms with E-state index >= 15 is 0 Å². The summed E-state index contributed by atoms with van der Waals surface area (Å²) in [6.45, 7) is 3.07. The van der Waals surface area contributed by atoms with Gasteiger partial charge in [-0.1, -0.05) is 0 Å². The summed E-state index contributed by atoms with van der Waals surface area (Å²) in [6, 6.07) is 0.268. The Hall–Kier alpha value is -0.260. The quantitative estimate of drug-likeness (QED) is 0.705. The number of hydrogen-bond donors (Lipinski definition) is 2. The van der Waals surface area contributed by atoms with E-state index in [9.17, 15) is 4.79 Å². The van der Waals surface area contributed by atoms with Crippen LogP contribution in [0.25, 0.3) is 0 Å².